The Balaban J connectivity index is 1.66. The molecule has 0 saturated carbocycles. The van der Waals surface area contributed by atoms with Crippen LogP contribution in [0.5, 0.6) is 0 Å². The Kier molecular flexibility index (Phi) is 10.6. The van der Waals surface area contributed by atoms with E-state index in [1.54, 1.807) is 29.2 Å². The van der Waals surface area contributed by atoms with E-state index in [1.165, 1.54) is 24.3 Å². The van der Waals surface area contributed by atoms with Crippen molar-refractivity contribution in [3.05, 3.63) is 77.6 Å². The molecule has 3 heterocycles. The molecular formula is C38H46F2N2O6. The van der Waals surface area contributed by atoms with Crippen LogP contribution in [-0.4, -0.2) is 71.2 Å². The predicted molar refractivity (Wildman–Crippen MR) is 180 cm³/mol. The molecule has 2 saturated heterocycles. The first-order valence-corrected chi connectivity index (χ1v) is 16.5. The van der Waals surface area contributed by atoms with Gasteiger partial charge in [-0.3, -0.25) is 9.59 Å². The Hall–Kier alpha value is -3.86. The lowest BCUT2D eigenvalue weighted by Crippen LogP contribution is -2.45. The van der Waals surface area contributed by atoms with Crippen LogP contribution in [0.2, 0.25) is 0 Å². The summed E-state index contributed by atoms with van der Waals surface area (Å²) in [7, 11) is 0. The van der Waals surface area contributed by atoms with Crippen LogP contribution in [0.25, 0.3) is 28.3 Å². The predicted octanol–water partition coefficient (Wildman–Crippen LogP) is 7.81. The van der Waals surface area contributed by atoms with Crippen LogP contribution in [0.1, 0.15) is 83.5 Å². The standard InChI is InChI=1S/C38H46F2N2O6/c1-24(2)42-31(17-16-29-22-30(47-38(6,7)46-29)23-32(43)48-37(3,4)5)33(25-8-12-27(39)13-9-25)34(26-10-14-28(40)15-11-26)35(42)36(44)41-18-20-45-21-19-41/h8-17,24,29-30H,18-23H2,1-7H3/t29-,30-/m1/s1. The first kappa shape index (κ1) is 35.4. The summed E-state index contributed by atoms with van der Waals surface area (Å²) in [6.07, 6.45) is 3.44. The highest BCUT2D eigenvalue weighted by Gasteiger charge is 2.37. The maximum absolute atomic E-state index is 14.5. The second kappa shape index (κ2) is 14.3. The van der Waals surface area contributed by atoms with E-state index in [0.29, 0.717) is 66.4 Å². The first-order chi connectivity index (χ1) is 22.6. The van der Waals surface area contributed by atoms with Gasteiger partial charge >= 0.3 is 5.97 Å². The molecular weight excluding hydrogens is 618 g/mol. The minimum atomic E-state index is -0.976. The number of hydrogen-bond donors (Lipinski definition) is 0. The van der Waals surface area contributed by atoms with Gasteiger partial charge < -0.3 is 28.4 Å². The number of amides is 1. The lowest BCUT2D eigenvalue weighted by molar-refractivity contribution is -0.290. The van der Waals surface area contributed by atoms with Crippen LogP contribution in [-0.2, 0) is 23.7 Å². The summed E-state index contributed by atoms with van der Waals surface area (Å²) in [5.74, 6) is -2.28. The Labute approximate surface area is 281 Å². The van der Waals surface area contributed by atoms with E-state index in [9.17, 15) is 18.4 Å². The van der Waals surface area contributed by atoms with Crippen LogP contribution in [0.15, 0.2) is 54.6 Å². The molecule has 0 unspecified atom stereocenters. The van der Waals surface area contributed by atoms with Crippen molar-refractivity contribution in [1.29, 1.82) is 0 Å². The van der Waals surface area contributed by atoms with Crippen molar-refractivity contribution in [2.45, 2.75) is 90.9 Å². The normalized spacial score (nSPS) is 20.0. The number of carbonyl (C=O) groups excluding carboxylic acids is 2. The van der Waals surface area contributed by atoms with E-state index in [2.05, 4.69) is 0 Å². The van der Waals surface area contributed by atoms with Crippen molar-refractivity contribution < 1.29 is 37.3 Å². The summed E-state index contributed by atoms with van der Waals surface area (Å²) in [5.41, 5.74) is 3.23. The molecule has 5 rings (SSSR count). The highest BCUT2D eigenvalue weighted by molar-refractivity contribution is 6.06. The van der Waals surface area contributed by atoms with E-state index in [1.807, 2.05) is 65.2 Å². The SMILES string of the molecule is CC(C)n1c(C=C[C@@H]2C[C@H](CC(=O)OC(C)(C)C)OC(C)(C)O2)c(-c2ccc(F)cc2)c(-c2ccc(F)cc2)c1C(=O)N1CCOCC1. The van der Waals surface area contributed by atoms with Crippen LogP contribution >= 0.6 is 0 Å². The van der Waals surface area contributed by atoms with Gasteiger partial charge in [0.05, 0.1) is 31.8 Å². The maximum Gasteiger partial charge on any atom is 0.308 e. The van der Waals surface area contributed by atoms with Crippen LogP contribution in [0.3, 0.4) is 0 Å². The number of ether oxygens (including phenoxy) is 4. The average Bonchev–Trinajstić information content (AvgIpc) is 3.34. The van der Waals surface area contributed by atoms with Gasteiger partial charge in [0.1, 0.15) is 22.9 Å². The van der Waals surface area contributed by atoms with Crippen molar-refractivity contribution in [1.82, 2.24) is 9.47 Å². The van der Waals surface area contributed by atoms with Gasteiger partial charge in [0.15, 0.2) is 5.79 Å². The molecule has 2 aliphatic heterocycles. The summed E-state index contributed by atoms with van der Waals surface area (Å²) in [6.45, 7) is 14.8. The van der Waals surface area contributed by atoms with Crippen molar-refractivity contribution in [3.8, 4) is 22.3 Å². The smallest absolute Gasteiger partial charge is 0.308 e. The molecule has 10 heteroatoms. The van der Waals surface area contributed by atoms with Gasteiger partial charge in [-0.05, 0) is 89.9 Å². The quantitative estimate of drug-likeness (QED) is 0.229. The number of hydrogen-bond acceptors (Lipinski definition) is 6. The Morgan fingerprint density at radius 3 is 2.04 bits per heavy atom. The van der Waals surface area contributed by atoms with Gasteiger partial charge in [0.2, 0.25) is 0 Å². The van der Waals surface area contributed by atoms with E-state index < -0.39 is 29.4 Å². The van der Waals surface area contributed by atoms with E-state index >= 15 is 0 Å². The van der Waals surface area contributed by atoms with Gasteiger partial charge in [-0.2, -0.15) is 0 Å². The second-order valence-corrected chi connectivity index (χ2v) is 14.0. The topological polar surface area (TPSA) is 79.2 Å². The summed E-state index contributed by atoms with van der Waals surface area (Å²) < 4.78 is 53.9. The summed E-state index contributed by atoms with van der Waals surface area (Å²) in [4.78, 5) is 29.0. The van der Waals surface area contributed by atoms with Crippen molar-refractivity contribution in [2.24, 2.45) is 0 Å². The second-order valence-electron chi connectivity index (χ2n) is 14.0. The number of benzene rings is 2. The number of morpholine rings is 1. The fourth-order valence-electron chi connectivity index (χ4n) is 6.40. The lowest BCUT2D eigenvalue weighted by Gasteiger charge is -2.39. The van der Waals surface area contributed by atoms with Gasteiger partial charge in [-0.25, -0.2) is 8.78 Å². The largest absolute Gasteiger partial charge is 0.460 e. The van der Waals surface area contributed by atoms with Crippen molar-refractivity contribution in [2.75, 3.05) is 26.3 Å². The Morgan fingerprint density at radius 2 is 1.50 bits per heavy atom. The zero-order chi connectivity index (χ0) is 34.8. The number of rotatable bonds is 8. The molecule has 0 spiro atoms. The summed E-state index contributed by atoms with van der Waals surface area (Å²) >= 11 is 0. The third-order valence-corrected chi connectivity index (χ3v) is 8.19. The minimum absolute atomic E-state index is 0.0739. The molecule has 3 aromatic rings. The van der Waals surface area contributed by atoms with E-state index in [-0.39, 0.29) is 30.2 Å². The Bertz CT molecular complexity index is 1630. The fourth-order valence-corrected chi connectivity index (χ4v) is 6.40. The molecule has 48 heavy (non-hydrogen) atoms. The molecule has 0 N–H and O–H groups in total. The third-order valence-electron chi connectivity index (χ3n) is 8.19. The van der Waals surface area contributed by atoms with Gasteiger partial charge in [-0.1, -0.05) is 30.3 Å². The number of esters is 1. The summed E-state index contributed by atoms with van der Waals surface area (Å²) in [5, 5.41) is 0. The van der Waals surface area contributed by atoms with Crippen molar-refractivity contribution >= 4 is 18.0 Å². The molecule has 0 bridgehead atoms. The van der Waals surface area contributed by atoms with Crippen LogP contribution in [0.4, 0.5) is 8.78 Å². The number of carbonyl (C=O) groups is 2. The molecule has 8 nitrogen and oxygen atoms in total. The average molecular weight is 665 g/mol. The van der Waals surface area contributed by atoms with Crippen LogP contribution in [0, 0.1) is 11.6 Å². The molecule has 2 aromatic carbocycles. The fraction of sp³-hybridized carbons (Fsp3) is 0.474. The molecule has 0 aliphatic carbocycles. The highest BCUT2D eigenvalue weighted by Crippen LogP contribution is 2.43. The van der Waals surface area contributed by atoms with Gasteiger partial charge in [-0.15, -0.1) is 0 Å². The van der Waals surface area contributed by atoms with E-state index in [4.69, 9.17) is 18.9 Å². The highest BCUT2D eigenvalue weighted by atomic mass is 19.1. The van der Waals surface area contributed by atoms with Crippen molar-refractivity contribution in [3.63, 3.8) is 0 Å². The molecule has 2 aliphatic rings. The van der Waals surface area contributed by atoms with Crippen LogP contribution < -0.4 is 0 Å². The molecule has 1 aromatic heterocycles. The minimum Gasteiger partial charge on any atom is -0.460 e. The third kappa shape index (κ3) is 8.40. The zero-order valence-corrected chi connectivity index (χ0v) is 28.8. The summed E-state index contributed by atoms with van der Waals surface area (Å²) in [6, 6.07) is 12.0. The molecule has 1 amide bonds. The number of nitrogens with zero attached hydrogens (tertiary/aromatic N) is 2. The molecule has 258 valence electrons. The monoisotopic (exact) mass is 664 g/mol. The zero-order valence-electron chi connectivity index (χ0n) is 28.8. The maximum atomic E-state index is 14.5. The first-order valence-electron chi connectivity index (χ1n) is 16.5. The molecule has 0 radical (unpaired) electrons. The number of halogens is 2. The van der Waals surface area contributed by atoms with E-state index in [0.717, 1.165) is 0 Å². The lowest BCUT2D eigenvalue weighted by atomic mass is 9.94. The molecule has 2 atom stereocenters. The molecule has 2 fully saturated rings. The van der Waals surface area contributed by atoms with Gasteiger partial charge in [0, 0.05) is 42.4 Å². The van der Waals surface area contributed by atoms with Gasteiger partial charge in [0.25, 0.3) is 5.91 Å². The number of aromatic nitrogens is 1. The Morgan fingerprint density at radius 1 is 0.938 bits per heavy atom.